The molecule has 0 aromatic heterocycles. The summed E-state index contributed by atoms with van der Waals surface area (Å²) in [6, 6.07) is 8.04. The van der Waals surface area contributed by atoms with E-state index >= 15 is 0 Å². The molecule has 1 heterocycles. The summed E-state index contributed by atoms with van der Waals surface area (Å²) in [5.74, 6) is 0. The maximum Gasteiger partial charge on any atom is 0.100 e. The molecule has 1 aliphatic rings. The molecular formula is C11H12BrN3. The van der Waals surface area contributed by atoms with E-state index in [0.717, 1.165) is 30.7 Å². The van der Waals surface area contributed by atoms with Crippen molar-refractivity contribution in [1.29, 1.82) is 5.26 Å². The molecule has 1 aromatic carbocycles. The summed E-state index contributed by atoms with van der Waals surface area (Å²) in [5, 5.41) is 12.1. The van der Waals surface area contributed by atoms with Gasteiger partial charge in [0.05, 0.1) is 5.56 Å². The van der Waals surface area contributed by atoms with Gasteiger partial charge in [0.2, 0.25) is 0 Å². The van der Waals surface area contributed by atoms with E-state index < -0.39 is 0 Å². The fraction of sp³-hybridized carbons (Fsp3) is 0.364. The Labute approximate surface area is 97.8 Å². The zero-order valence-corrected chi connectivity index (χ0v) is 9.92. The van der Waals surface area contributed by atoms with Gasteiger partial charge in [-0.3, -0.25) is 0 Å². The lowest BCUT2D eigenvalue weighted by Crippen LogP contribution is -2.43. The first kappa shape index (κ1) is 10.5. The Bertz CT molecular complexity index is 391. The molecular weight excluding hydrogens is 254 g/mol. The van der Waals surface area contributed by atoms with Gasteiger partial charge in [-0.05, 0) is 34.1 Å². The maximum absolute atomic E-state index is 8.82. The molecule has 0 spiro atoms. The largest absolute Gasteiger partial charge is 0.369 e. The van der Waals surface area contributed by atoms with Gasteiger partial charge in [0.1, 0.15) is 6.07 Å². The maximum atomic E-state index is 8.82. The Morgan fingerprint density at radius 3 is 2.67 bits per heavy atom. The van der Waals surface area contributed by atoms with Gasteiger partial charge in [-0.1, -0.05) is 0 Å². The number of halogens is 1. The third-order valence-electron chi connectivity index (χ3n) is 2.56. The van der Waals surface area contributed by atoms with Crippen LogP contribution in [0.1, 0.15) is 5.56 Å². The Morgan fingerprint density at radius 2 is 2.07 bits per heavy atom. The molecule has 2 rings (SSSR count). The first-order chi connectivity index (χ1) is 7.31. The van der Waals surface area contributed by atoms with E-state index in [1.807, 2.05) is 18.2 Å². The van der Waals surface area contributed by atoms with E-state index in [-0.39, 0.29) is 0 Å². The number of nitrogens with one attached hydrogen (secondary N) is 1. The van der Waals surface area contributed by atoms with Gasteiger partial charge in [-0.25, -0.2) is 0 Å². The van der Waals surface area contributed by atoms with Crippen LogP contribution < -0.4 is 10.2 Å². The lowest BCUT2D eigenvalue weighted by atomic mass is 10.2. The second-order valence-corrected chi connectivity index (χ2v) is 4.37. The van der Waals surface area contributed by atoms with Crippen LogP contribution in [0.5, 0.6) is 0 Å². The highest BCUT2D eigenvalue weighted by atomic mass is 79.9. The predicted molar refractivity (Wildman–Crippen MR) is 63.9 cm³/mol. The number of rotatable bonds is 1. The molecule has 0 saturated carbocycles. The zero-order chi connectivity index (χ0) is 10.7. The van der Waals surface area contributed by atoms with Gasteiger partial charge in [0.15, 0.2) is 0 Å². The van der Waals surface area contributed by atoms with Crippen molar-refractivity contribution in [2.45, 2.75) is 0 Å². The topological polar surface area (TPSA) is 39.1 Å². The quantitative estimate of drug-likeness (QED) is 0.841. The third-order valence-corrected chi connectivity index (χ3v) is 3.21. The first-order valence-corrected chi connectivity index (χ1v) is 5.76. The molecule has 0 aliphatic carbocycles. The van der Waals surface area contributed by atoms with Gasteiger partial charge < -0.3 is 10.2 Å². The molecule has 3 nitrogen and oxygen atoms in total. The average Bonchev–Trinajstić information content (AvgIpc) is 2.30. The summed E-state index contributed by atoms with van der Waals surface area (Å²) in [5.41, 5.74) is 1.87. The standard InChI is InChI=1S/C11H12BrN3/c12-11-7-10(2-1-9(11)8-13)15-5-3-14-4-6-15/h1-2,7,14H,3-6H2. The number of hydrogen-bond donors (Lipinski definition) is 1. The molecule has 4 heteroatoms. The van der Waals surface area contributed by atoms with Crippen LogP contribution in [0.15, 0.2) is 22.7 Å². The minimum absolute atomic E-state index is 0.689. The molecule has 0 unspecified atom stereocenters. The van der Waals surface area contributed by atoms with E-state index in [9.17, 15) is 0 Å². The van der Waals surface area contributed by atoms with E-state index in [0.29, 0.717) is 5.56 Å². The van der Waals surface area contributed by atoms with Crippen molar-refractivity contribution in [2.24, 2.45) is 0 Å². The monoisotopic (exact) mass is 265 g/mol. The highest BCUT2D eigenvalue weighted by Crippen LogP contribution is 2.23. The van der Waals surface area contributed by atoms with Crippen LogP contribution in [0.3, 0.4) is 0 Å². The summed E-state index contributed by atoms with van der Waals surface area (Å²) in [6.45, 7) is 4.10. The molecule has 1 N–H and O–H groups in total. The predicted octanol–water partition coefficient (Wildman–Crippen LogP) is 1.73. The molecule has 0 bridgehead atoms. The van der Waals surface area contributed by atoms with Crippen LogP contribution in [0.2, 0.25) is 0 Å². The number of nitrogens with zero attached hydrogens (tertiary/aromatic N) is 2. The normalized spacial score (nSPS) is 16.1. The van der Waals surface area contributed by atoms with Gasteiger partial charge >= 0.3 is 0 Å². The van der Waals surface area contributed by atoms with Crippen molar-refractivity contribution in [1.82, 2.24) is 5.32 Å². The zero-order valence-electron chi connectivity index (χ0n) is 8.33. The van der Waals surface area contributed by atoms with E-state index in [4.69, 9.17) is 5.26 Å². The molecule has 0 amide bonds. The fourth-order valence-corrected chi connectivity index (χ4v) is 2.17. The number of anilines is 1. The van der Waals surface area contributed by atoms with Crippen LogP contribution in [-0.2, 0) is 0 Å². The van der Waals surface area contributed by atoms with Crippen molar-refractivity contribution < 1.29 is 0 Å². The first-order valence-electron chi connectivity index (χ1n) is 4.96. The second-order valence-electron chi connectivity index (χ2n) is 3.51. The number of hydrogen-bond acceptors (Lipinski definition) is 3. The number of nitriles is 1. The summed E-state index contributed by atoms with van der Waals surface area (Å²) in [6.07, 6.45) is 0. The van der Waals surface area contributed by atoms with Gasteiger partial charge in [-0.15, -0.1) is 0 Å². The second kappa shape index (κ2) is 4.65. The summed E-state index contributed by atoms with van der Waals surface area (Å²) >= 11 is 3.41. The van der Waals surface area contributed by atoms with Crippen molar-refractivity contribution in [2.75, 3.05) is 31.1 Å². The molecule has 0 atom stereocenters. The van der Waals surface area contributed by atoms with Crippen molar-refractivity contribution in [3.8, 4) is 6.07 Å². The van der Waals surface area contributed by atoms with E-state index in [1.165, 1.54) is 5.69 Å². The molecule has 1 aliphatic heterocycles. The molecule has 1 fully saturated rings. The summed E-state index contributed by atoms with van der Waals surface area (Å²) in [4.78, 5) is 2.32. The summed E-state index contributed by atoms with van der Waals surface area (Å²) in [7, 11) is 0. The van der Waals surface area contributed by atoms with Gasteiger partial charge in [0.25, 0.3) is 0 Å². The van der Waals surface area contributed by atoms with E-state index in [2.05, 4.69) is 32.2 Å². The molecule has 78 valence electrons. The van der Waals surface area contributed by atoms with Crippen LogP contribution in [0, 0.1) is 11.3 Å². The molecule has 1 saturated heterocycles. The lowest BCUT2D eigenvalue weighted by molar-refractivity contribution is 0.589. The Balaban J connectivity index is 2.22. The van der Waals surface area contributed by atoms with Crippen LogP contribution in [-0.4, -0.2) is 26.2 Å². The van der Waals surface area contributed by atoms with Gasteiger partial charge in [-0.2, -0.15) is 5.26 Å². The molecule has 0 radical (unpaired) electrons. The van der Waals surface area contributed by atoms with Crippen LogP contribution in [0.25, 0.3) is 0 Å². The van der Waals surface area contributed by atoms with Crippen molar-refractivity contribution >= 4 is 21.6 Å². The highest BCUT2D eigenvalue weighted by Gasteiger charge is 2.11. The molecule has 15 heavy (non-hydrogen) atoms. The van der Waals surface area contributed by atoms with Crippen molar-refractivity contribution in [3.05, 3.63) is 28.2 Å². The van der Waals surface area contributed by atoms with Crippen molar-refractivity contribution in [3.63, 3.8) is 0 Å². The molecule has 1 aromatic rings. The Kier molecular flexibility index (Phi) is 3.24. The number of benzene rings is 1. The van der Waals surface area contributed by atoms with Gasteiger partial charge in [0, 0.05) is 36.3 Å². The number of piperazine rings is 1. The summed E-state index contributed by atoms with van der Waals surface area (Å²) < 4.78 is 0.876. The van der Waals surface area contributed by atoms with Crippen LogP contribution >= 0.6 is 15.9 Å². The smallest absolute Gasteiger partial charge is 0.100 e. The fourth-order valence-electron chi connectivity index (χ4n) is 1.71. The van der Waals surface area contributed by atoms with E-state index in [1.54, 1.807) is 0 Å². The SMILES string of the molecule is N#Cc1ccc(N2CCNCC2)cc1Br. The Morgan fingerprint density at radius 1 is 1.33 bits per heavy atom. The highest BCUT2D eigenvalue weighted by molar-refractivity contribution is 9.10. The minimum atomic E-state index is 0.689. The third kappa shape index (κ3) is 2.31. The average molecular weight is 266 g/mol. The lowest BCUT2D eigenvalue weighted by Gasteiger charge is -2.29. The minimum Gasteiger partial charge on any atom is -0.369 e. The van der Waals surface area contributed by atoms with Crippen LogP contribution in [0.4, 0.5) is 5.69 Å². The Hall–Kier alpha value is -1.05.